The first kappa shape index (κ1) is 17.8. The molecule has 2 unspecified atom stereocenters. The number of methoxy groups -OCH3 is 1. The van der Waals surface area contributed by atoms with Gasteiger partial charge in [-0.2, -0.15) is 0 Å². The molecule has 118 valence electrons. The van der Waals surface area contributed by atoms with E-state index in [0.717, 1.165) is 24.2 Å². The second kappa shape index (κ2) is 9.67. The maximum Gasteiger partial charge on any atom is 0.242 e. The number of carbonyl (C=O) groups excluding carboxylic acids is 1. The van der Waals surface area contributed by atoms with E-state index in [2.05, 4.69) is 19.2 Å². The molecule has 1 rings (SSSR count). The van der Waals surface area contributed by atoms with Gasteiger partial charge >= 0.3 is 0 Å². The molecule has 0 aliphatic rings. The number of unbranched alkanes of at least 4 members (excludes halogenated alkanes) is 1. The summed E-state index contributed by atoms with van der Waals surface area (Å²) >= 11 is 6.23. The van der Waals surface area contributed by atoms with Crippen LogP contribution in [0.1, 0.15) is 50.5 Å². The lowest BCUT2D eigenvalue weighted by molar-refractivity contribution is -0.121. The summed E-state index contributed by atoms with van der Waals surface area (Å²) in [6.07, 6.45) is 4.63. The number of hydrogen-bond donors (Lipinski definition) is 1. The van der Waals surface area contributed by atoms with E-state index < -0.39 is 5.38 Å². The number of rotatable bonds is 9. The van der Waals surface area contributed by atoms with Crippen LogP contribution >= 0.6 is 11.6 Å². The van der Waals surface area contributed by atoms with Crippen molar-refractivity contribution in [3.8, 4) is 5.75 Å². The minimum Gasteiger partial charge on any atom is -0.497 e. The lowest BCUT2D eigenvalue weighted by Gasteiger charge is -2.17. The van der Waals surface area contributed by atoms with Gasteiger partial charge in [-0.3, -0.25) is 4.79 Å². The number of hydrogen-bond acceptors (Lipinski definition) is 2. The highest BCUT2D eigenvalue weighted by Gasteiger charge is 2.18. The minimum atomic E-state index is -0.653. The van der Waals surface area contributed by atoms with Gasteiger partial charge in [0, 0.05) is 6.54 Å². The van der Waals surface area contributed by atoms with Crippen LogP contribution in [-0.4, -0.2) is 19.6 Å². The zero-order chi connectivity index (χ0) is 15.7. The standard InChI is InChI=1S/C17H26ClNO2/c1-4-6-7-13(5-2)12-19-17(20)16(18)14-8-10-15(21-3)11-9-14/h8-11,13,16H,4-7,12H2,1-3H3,(H,19,20). The fourth-order valence-corrected chi connectivity index (χ4v) is 2.42. The first-order chi connectivity index (χ1) is 10.1. The van der Waals surface area contributed by atoms with Crippen molar-refractivity contribution in [3.63, 3.8) is 0 Å². The number of ether oxygens (including phenoxy) is 1. The predicted octanol–water partition coefficient (Wildman–Crippen LogP) is 4.31. The monoisotopic (exact) mass is 311 g/mol. The van der Waals surface area contributed by atoms with Crippen LogP contribution in [0.2, 0.25) is 0 Å². The predicted molar refractivity (Wildman–Crippen MR) is 87.9 cm³/mol. The highest BCUT2D eigenvalue weighted by molar-refractivity contribution is 6.30. The Labute approximate surface area is 133 Å². The smallest absolute Gasteiger partial charge is 0.242 e. The van der Waals surface area contributed by atoms with Crippen molar-refractivity contribution in [2.24, 2.45) is 5.92 Å². The third-order valence-electron chi connectivity index (χ3n) is 3.75. The maximum atomic E-state index is 12.1. The molecule has 21 heavy (non-hydrogen) atoms. The molecule has 1 N–H and O–H groups in total. The van der Waals surface area contributed by atoms with Crippen molar-refractivity contribution in [1.82, 2.24) is 5.32 Å². The highest BCUT2D eigenvalue weighted by Crippen LogP contribution is 2.23. The normalized spacial score (nSPS) is 13.5. The average Bonchev–Trinajstić information content (AvgIpc) is 2.54. The second-order valence-electron chi connectivity index (χ2n) is 5.30. The molecule has 0 spiro atoms. The summed E-state index contributed by atoms with van der Waals surface area (Å²) in [4.78, 5) is 12.1. The Balaban J connectivity index is 2.49. The zero-order valence-electron chi connectivity index (χ0n) is 13.2. The Kier molecular flexibility index (Phi) is 8.21. The molecule has 0 bridgehead atoms. The van der Waals surface area contributed by atoms with Gasteiger partial charge in [0.2, 0.25) is 5.91 Å². The van der Waals surface area contributed by atoms with Crippen LogP contribution in [0.5, 0.6) is 5.75 Å². The van der Waals surface area contributed by atoms with E-state index in [9.17, 15) is 4.79 Å². The summed E-state index contributed by atoms with van der Waals surface area (Å²) in [5.74, 6) is 1.17. The molecule has 2 atom stereocenters. The van der Waals surface area contributed by atoms with Crippen LogP contribution in [0.15, 0.2) is 24.3 Å². The molecule has 0 saturated carbocycles. The topological polar surface area (TPSA) is 38.3 Å². The molecule has 4 heteroatoms. The molecule has 0 aliphatic carbocycles. The van der Waals surface area contributed by atoms with Crippen molar-refractivity contribution < 1.29 is 9.53 Å². The number of nitrogens with one attached hydrogen (secondary N) is 1. The molecule has 0 aromatic heterocycles. The Bertz CT molecular complexity index is 419. The van der Waals surface area contributed by atoms with Crippen molar-refractivity contribution >= 4 is 17.5 Å². The number of halogens is 1. The van der Waals surface area contributed by atoms with Gasteiger partial charge in [0.15, 0.2) is 0 Å². The summed E-state index contributed by atoms with van der Waals surface area (Å²) in [7, 11) is 1.61. The molecular formula is C17H26ClNO2. The fraction of sp³-hybridized carbons (Fsp3) is 0.588. The van der Waals surface area contributed by atoms with Crippen LogP contribution in [0.4, 0.5) is 0 Å². The van der Waals surface area contributed by atoms with Crippen molar-refractivity contribution in [3.05, 3.63) is 29.8 Å². The Morgan fingerprint density at radius 1 is 1.29 bits per heavy atom. The van der Waals surface area contributed by atoms with Gasteiger partial charge in [0.05, 0.1) is 7.11 Å². The average molecular weight is 312 g/mol. The van der Waals surface area contributed by atoms with E-state index in [1.54, 1.807) is 7.11 Å². The highest BCUT2D eigenvalue weighted by atomic mass is 35.5. The molecule has 0 radical (unpaired) electrons. The number of benzene rings is 1. The molecule has 1 amide bonds. The first-order valence-corrected chi connectivity index (χ1v) is 8.11. The summed E-state index contributed by atoms with van der Waals surface area (Å²) in [6.45, 7) is 5.05. The summed E-state index contributed by atoms with van der Waals surface area (Å²) < 4.78 is 5.10. The molecule has 1 aromatic rings. The molecule has 1 aromatic carbocycles. The van der Waals surface area contributed by atoms with Gasteiger partial charge in [-0.15, -0.1) is 11.6 Å². The number of alkyl halides is 1. The van der Waals surface area contributed by atoms with Gasteiger partial charge in [-0.25, -0.2) is 0 Å². The zero-order valence-corrected chi connectivity index (χ0v) is 14.0. The van der Waals surface area contributed by atoms with Crippen LogP contribution in [0, 0.1) is 5.92 Å². The molecule has 0 aliphatic heterocycles. The molecule has 0 fully saturated rings. The summed E-state index contributed by atoms with van der Waals surface area (Å²) in [5, 5.41) is 2.31. The lowest BCUT2D eigenvalue weighted by atomic mass is 9.99. The Hall–Kier alpha value is -1.22. The second-order valence-corrected chi connectivity index (χ2v) is 5.73. The molecule has 0 saturated heterocycles. The molecule has 3 nitrogen and oxygen atoms in total. The van der Waals surface area contributed by atoms with Crippen LogP contribution < -0.4 is 10.1 Å². The molecular weight excluding hydrogens is 286 g/mol. The van der Waals surface area contributed by atoms with Gasteiger partial charge < -0.3 is 10.1 Å². The van der Waals surface area contributed by atoms with Gasteiger partial charge in [0.1, 0.15) is 11.1 Å². The molecule has 0 heterocycles. The van der Waals surface area contributed by atoms with Crippen molar-refractivity contribution in [2.45, 2.75) is 44.9 Å². The first-order valence-electron chi connectivity index (χ1n) is 7.68. The summed E-state index contributed by atoms with van der Waals surface area (Å²) in [6, 6.07) is 7.27. The Morgan fingerprint density at radius 3 is 2.48 bits per heavy atom. The van der Waals surface area contributed by atoms with E-state index in [4.69, 9.17) is 16.3 Å². The van der Waals surface area contributed by atoms with Crippen LogP contribution in [0.25, 0.3) is 0 Å². The van der Waals surface area contributed by atoms with E-state index in [1.807, 2.05) is 24.3 Å². The van der Waals surface area contributed by atoms with Crippen molar-refractivity contribution in [2.75, 3.05) is 13.7 Å². The SMILES string of the molecule is CCCCC(CC)CNC(=O)C(Cl)c1ccc(OC)cc1. The quantitative estimate of drug-likeness (QED) is 0.690. The maximum absolute atomic E-state index is 12.1. The van der Waals surface area contributed by atoms with Crippen molar-refractivity contribution in [1.29, 1.82) is 0 Å². The van der Waals surface area contributed by atoms with E-state index in [-0.39, 0.29) is 5.91 Å². The third-order valence-corrected chi connectivity index (χ3v) is 4.20. The van der Waals surface area contributed by atoms with Gasteiger partial charge in [0.25, 0.3) is 0 Å². The Morgan fingerprint density at radius 2 is 1.95 bits per heavy atom. The van der Waals surface area contributed by atoms with Crippen LogP contribution in [0.3, 0.4) is 0 Å². The van der Waals surface area contributed by atoms with E-state index >= 15 is 0 Å². The fourth-order valence-electron chi connectivity index (χ4n) is 2.20. The third kappa shape index (κ3) is 5.96. The van der Waals surface area contributed by atoms with E-state index in [0.29, 0.717) is 12.5 Å². The van der Waals surface area contributed by atoms with Gasteiger partial charge in [-0.05, 0) is 30.0 Å². The van der Waals surface area contributed by atoms with E-state index in [1.165, 1.54) is 12.8 Å². The minimum absolute atomic E-state index is 0.128. The lowest BCUT2D eigenvalue weighted by Crippen LogP contribution is -2.31. The summed E-state index contributed by atoms with van der Waals surface area (Å²) in [5.41, 5.74) is 0.788. The number of amides is 1. The number of carbonyl (C=O) groups is 1. The largest absolute Gasteiger partial charge is 0.497 e. The van der Waals surface area contributed by atoms with Gasteiger partial charge in [-0.1, -0.05) is 45.2 Å². The van der Waals surface area contributed by atoms with Crippen LogP contribution in [-0.2, 0) is 4.79 Å².